The lowest BCUT2D eigenvalue weighted by Crippen LogP contribution is -2.26. The Balaban J connectivity index is 1.49. The summed E-state index contributed by atoms with van der Waals surface area (Å²) in [4.78, 5) is 4.64. The molecule has 0 amide bonds. The zero-order valence-corrected chi connectivity index (χ0v) is 16.1. The summed E-state index contributed by atoms with van der Waals surface area (Å²) >= 11 is 0. The van der Waals surface area contributed by atoms with Crippen molar-refractivity contribution >= 4 is 22.8 Å². The highest BCUT2D eigenvalue weighted by Crippen LogP contribution is 2.37. The highest BCUT2D eigenvalue weighted by molar-refractivity contribution is 5.85. The number of nitriles is 1. The Morgan fingerprint density at radius 1 is 1.03 bits per heavy atom. The fourth-order valence-electron chi connectivity index (χ4n) is 3.73. The predicted octanol–water partition coefficient (Wildman–Crippen LogP) is 4.43. The molecule has 1 aliphatic rings. The number of fused-ring (bicyclic) bond motifs is 3. The summed E-state index contributed by atoms with van der Waals surface area (Å²) in [6.45, 7) is 0.473. The maximum atomic E-state index is 9.86. The molecular formula is C24H19N5O. The number of hydrogen-bond acceptors (Lipinski definition) is 5. The molecule has 3 N–H and O–H groups in total. The molecule has 6 nitrogen and oxygen atoms in total. The smallest absolute Gasteiger partial charge is 0.210 e. The van der Waals surface area contributed by atoms with Gasteiger partial charge in [0.25, 0.3) is 0 Å². The molecule has 30 heavy (non-hydrogen) atoms. The van der Waals surface area contributed by atoms with E-state index in [2.05, 4.69) is 16.4 Å². The Labute approximate surface area is 173 Å². The number of nitrogens with two attached hydrogens (primary N) is 1. The summed E-state index contributed by atoms with van der Waals surface area (Å²) < 4.78 is 7.75. The number of anilines is 1. The number of hydrogen-bond donors (Lipinski definition) is 2. The second kappa shape index (κ2) is 7.30. The Hall–Kier alpha value is -4.24. The van der Waals surface area contributed by atoms with Gasteiger partial charge in [-0.05, 0) is 35.4 Å². The molecule has 6 heteroatoms. The van der Waals surface area contributed by atoms with Gasteiger partial charge in [-0.3, -0.25) is 4.57 Å². The van der Waals surface area contributed by atoms with Crippen LogP contribution in [0.1, 0.15) is 17.2 Å². The van der Waals surface area contributed by atoms with Crippen molar-refractivity contribution in [3.63, 3.8) is 0 Å². The van der Waals surface area contributed by atoms with E-state index in [9.17, 15) is 5.26 Å². The number of imidazole rings is 1. The van der Waals surface area contributed by atoms with Crippen LogP contribution in [0.15, 0.2) is 84.4 Å². The van der Waals surface area contributed by atoms with Crippen molar-refractivity contribution in [2.24, 2.45) is 5.73 Å². The van der Waals surface area contributed by atoms with Gasteiger partial charge in [-0.25, -0.2) is 4.98 Å². The van der Waals surface area contributed by atoms with Crippen molar-refractivity contribution in [1.82, 2.24) is 9.55 Å². The van der Waals surface area contributed by atoms with Crippen molar-refractivity contribution in [1.29, 1.82) is 5.26 Å². The molecule has 0 saturated heterocycles. The number of rotatable bonds is 4. The van der Waals surface area contributed by atoms with Crippen LogP contribution in [0.5, 0.6) is 5.75 Å². The SMILES string of the molecule is N#CC1=C(N)n2c(nc3ccccc32)N[C@H]1c1cccc(OCc2ccccc2)c1. The molecule has 1 atom stereocenters. The van der Waals surface area contributed by atoms with E-state index >= 15 is 0 Å². The average molecular weight is 393 g/mol. The zero-order valence-electron chi connectivity index (χ0n) is 16.1. The minimum absolute atomic E-state index is 0.389. The molecule has 0 spiro atoms. The van der Waals surface area contributed by atoms with Crippen molar-refractivity contribution in [3.05, 3.63) is 95.6 Å². The molecule has 0 unspecified atom stereocenters. The third-order valence-electron chi connectivity index (χ3n) is 5.20. The van der Waals surface area contributed by atoms with E-state index in [1.54, 1.807) is 4.57 Å². The summed E-state index contributed by atoms with van der Waals surface area (Å²) in [5.41, 5.74) is 10.5. The molecule has 4 aromatic rings. The van der Waals surface area contributed by atoms with Gasteiger partial charge in [0.05, 0.1) is 22.6 Å². The molecule has 1 aromatic heterocycles. The van der Waals surface area contributed by atoms with E-state index in [0.717, 1.165) is 27.9 Å². The normalized spacial score (nSPS) is 15.4. The Kier molecular flexibility index (Phi) is 4.34. The molecule has 3 aromatic carbocycles. The second-order valence-corrected chi connectivity index (χ2v) is 7.09. The minimum atomic E-state index is -0.403. The highest BCUT2D eigenvalue weighted by atomic mass is 16.5. The topological polar surface area (TPSA) is 88.9 Å². The van der Waals surface area contributed by atoms with Crippen molar-refractivity contribution in [2.45, 2.75) is 12.6 Å². The highest BCUT2D eigenvalue weighted by Gasteiger charge is 2.29. The van der Waals surface area contributed by atoms with E-state index in [4.69, 9.17) is 10.5 Å². The number of ether oxygens (including phenoxy) is 1. The van der Waals surface area contributed by atoms with Crippen LogP contribution in [0.25, 0.3) is 16.9 Å². The molecule has 0 bridgehead atoms. The third-order valence-corrected chi connectivity index (χ3v) is 5.20. The first-order valence-electron chi connectivity index (χ1n) is 9.65. The van der Waals surface area contributed by atoms with Crippen LogP contribution in [0.2, 0.25) is 0 Å². The Morgan fingerprint density at radius 3 is 2.67 bits per heavy atom. The quantitative estimate of drug-likeness (QED) is 0.535. The molecule has 146 valence electrons. The van der Waals surface area contributed by atoms with Crippen LogP contribution in [0, 0.1) is 11.3 Å². The minimum Gasteiger partial charge on any atom is -0.489 e. The van der Waals surface area contributed by atoms with E-state index < -0.39 is 6.04 Å². The fourth-order valence-corrected chi connectivity index (χ4v) is 3.73. The second-order valence-electron chi connectivity index (χ2n) is 7.09. The number of nitrogens with zero attached hydrogens (tertiary/aromatic N) is 3. The van der Waals surface area contributed by atoms with Gasteiger partial charge in [0, 0.05) is 0 Å². The van der Waals surface area contributed by atoms with Crippen LogP contribution >= 0.6 is 0 Å². The maximum Gasteiger partial charge on any atom is 0.210 e. The lowest BCUT2D eigenvalue weighted by Gasteiger charge is -2.27. The zero-order chi connectivity index (χ0) is 20.5. The lowest BCUT2D eigenvalue weighted by atomic mass is 9.98. The van der Waals surface area contributed by atoms with E-state index in [1.807, 2.05) is 78.9 Å². The Bertz CT molecular complexity index is 1300. The number of benzene rings is 3. The van der Waals surface area contributed by atoms with Gasteiger partial charge in [-0.2, -0.15) is 5.26 Å². The summed E-state index contributed by atoms with van der Waals surface area (Å²) in [7, 11) is 0. The van der Waals surface area contributed by atoms with Crippen molar-refractivity contribution in [2.75, 3.05) is 5.32 Å². The molecule has 0 aliphatic carbocycles. The number of nitrogens with one attached hydrogen (secondary N) is 1. The van der Waals surface area contributed by atoms with Crippen molar-refractivity contribution in [3.8, 4) is 11.8 Å². The predicted molar refractivity (Wildman–Crippen MR) is 116 cm³/mol. The standard InChI is InChI=1S/C24H19N5O/c25-14-19-22(28-24-27-20-11-4-5-12-21(20)29(24)23(19)26)17-9-6-10-18(13-17)30-15-16-7-2-1-3-8-16/h1-13,22H,15,26H2,(H,27,28)/t22-/m0/s1. The Morgan fingerprint density at radius 2 is 1.83 bits per heavy atom. The van der Waals surface area contributed by atoms with Gasteiger partial charge in [-0.1, -0.05) is 54.6 Å². The lowest BCUT2D eigenvalue weighted by molar-refractivity contribution is 0.306. The van der Waals surface area contributed by atoms with Crippen LogP contribution in [0.4, 0.5) is 5.95 Å². The van der Waals surface area contributed by atoms with Gasteiger partial charge in [-0.15, -0.1) is 0 Å². The first kappa shape index (κ1) is 17.8. The van der Waals surface area contributed by atoms with Gasteiger partial charge in [0.15, 0.2) is 0 Å². The van der Waals surface area contributed by atoms with Crippen LogP contribution in [-0.4, -0.2) is 9.55 Å². The molecule has 0 fully saturated rings. The largest absolute Gasteiger partial charge is 0.489 e. The van der Waals surface area contributed by atoms with Crippen molar-refractivity contribution < 1.29 is 4.74 Å². The van der Waals surface area contributed by atoms with Gasteiger partial charge < -0.3 is 15.8 Å². The van der Waals surface area contributed by atoms with Crippen LogP contribution < -0.4 is 15.8 Å². The van der Waals surface area contributed by atoms with Gasteiger partial charge >= 0.3 is 0 Å². The number of para-hydroxylation sites is 2. The maximum absolute atomic E-state index is 9.86. The summed E-state index contributed by atoms with van der Waals surface area (Å²) in [5, 5.41) is 13.2. The fraction of sp³-hybridized carbons (Fsp3) is 0.0833. The third kappa shape index (κ3) is 3.03. The number of aromatic nitrogens is 2. The van der Waals surface area contributed by atoms with Crippen LogP contribution in [-0.2, 0) is 6.61 Å². The molecule has 2 heterocycles. The first-order chi connectivity index (χ1) is 14.7. The molecular weight excluding hydrogens is 374 g/mol. The van der Waals surface area contributed by atoms with E-state index in [-0.39, 0.29) is 0 Å². The van der Waals surface area contributed by atoms with Crippen LogP contribution in [0.3, 0.4) is 0 Å². The molecule has 1 aliphatic heterocycles. The first-order valence-corrected chi connectivity index (χ1v) is 9.65. The summed E-state index contributed by atoms with van der Waals surface area (Å²) in [6, 6.07) is 27.3. The average Bonchev–Trinajstić information content (AvgIpc) is 3.17. The van der Waals surface area contributed by atoms with Gasteiger partial charge in [0.1, 0.15) is 24.2 Å². The molecule has 0 radical (unpaired) electrons. The molecule has 5 rings (SSSR count). The molecule has 0 saturated carbocycles. The van der Waals surface area contributed by atoms with Gasteiger partial charge in [0.2, 0.25) is 5.95 Å². The summed E-state index contributed by atoms with van der Waals surface area (Å²) in [6.07, 6.45) is 0. The monoisotopic (exact) mass is 393 g/mol. The summed E-state index contributed by atoms with van der Waals surface area (Å²) in [5.74, 6) is 1.74. The van der Waals surface area contributed by atoms with E-state index in [0.29, 0.717) is 23.9 Å². The van der Waals surface area contributed by atoms with E-state index in [1.165, 1.54) is 0 Å².